The van der Waals surface area contributed by atoms with Crippen LogP contribution in [0.2, 0.25) is 0 Å². The van der Waals surface area contributed by atoms with Crippen molar-refractivity contribution >= 4 is 5.91 Å². The summed E-state index contributed by atoms with van der Waals surface area (Å²) in [5, 5.41) is 3.05. The Bertz CT molecular complexity index is 844. The molecular formula is C20H21N3O2. The number of benzene rings is 2. The second kappa shape index (κ2) is 7.66. The molecule has 3 aromatic rings. The molecule has 0 aliphatic carbocycles. The van der Waals surface area contributed by atoms with Crippen LogP contribution < -0.4 is 10.1 Å². The van der Waals surface area contributed by atoms with Gasteiger partial charge in [-0.2, -0.15) is 0 Å². The van der Waals surface area contributed by atoms with Crippen molar-refractivity contribution in [2.45, 2.75) is 19.5 Å². The predicted octanol–water partition coefficient (Wildman–Crippen LogP) is 3.38. The minimum absolute atomic E-state index is 0.0209. The molecule has 0 fully saturated rings. The van der Waals surface area contributed by atoms with E-state index in [0.29, 0.717) is 12.1 Å². The first-order chi connectivity index (χ1) is 12.2. The van der Waals surface area contributed by atoms with E-state index in [2.05, 4.69) is 10.3 Å². The third-order valence-corrected chi connectivity index (χ3v) is 3.99. The van der Waals surface area contributed by atoms with Gasteiger partial charge in [0, 0.05) is 36.1 Å². The average molecular weight is 335 g/mol. The van der Waals surface area contributed by atoms with Crippen LogP contribution in [0.5, 0.6) is 5.75 Å². The summed E-state index contributed by atoms with van der Waals surface area (Å²) in [6.45, 7) is 2.65. The van der Waals surface area contributed by atoms with Crippen LogP contribution in [0.1, 0.15) is 17.3 Å². The molecule has 0 saturated heterocycles. The lowest BCUT2D eigenvalue weighted by Crippen LogP contribution is -2.35. The number of carbonyl (C=O) groups excluding carboxylic acids is 1. The van der Waals surface area contributed by atoms with E-state index in [1.165, 1.54) is 0 Å². The van der Waals surface area contributed by atoms with Gasteiger partial charge in [0.15, 0.2) is 0 Å². The summed E-state index contributed by atoms with van der Waals surface area (Å²) in [5.41, 5.74) is 2.38. The molecule has 0 saturated carbocycles. The summed E-state index contributed by atoms with van der Waals surface area (Å²) in [4.78, 5) is 16.8. The lowest BCUT2D eigenvalue weighted by Gasteiger charge is -2.17. The standard InChI is InChI=1S/C20H21N3O2/c1-15(13-23-12-11-21-14-23)22-20(24)18-9-4-3-7-16(18)17-8-5-6-10-19(17)25-2/h3-12,14-15H,13H2,1-2H3,(H,22,24). The molecule has 1 N–H and O–H groups in total. The van der Waals surface area contributed by atoms with E-state index in [1.54, 1.807) is 19.6 Å². The molecular weight excluding hydrogens is 314 g/mol. The number of nitrogens with zero attached hydrogens (tertiary/aromatic N) is 2. The summed E-state index contributed by atoms with van der Waals surface area (Å²) in [6.07, 6.45) is 5.35. The zero-order valence-corrected chi connectivity index (χ0v) is 14.3. The lowest BCUT2D eigenvalue weighted by molar-refractivity contribution is 0.0937. The van der Waals surface area contributed by atoms with Gasteiger partial charge in [-0.1, -0.05) is 36.4 Å². The van der Waals surface area contributed by atoms with E-state index < -0.39 is 0 Å². The monoisotopic (exact) mass is 335 g/mol. The van der Waals surface area contributed by atoms with Gasteiger partial charge in [0.25, 0.3) is 5.91 Å². The number of carbonyl (C=O) groups is 1. The maximum absolute atomic E-state index is 12.8. The molecule has 1 amide bonds. The van der Waals surface area contributed by atoms with Crippen LogP contribution in [0, 0.1) is 0 Å². The molecule has 0 aliphatic heterocycles. The molecule has 1 unspecified atom stereocenters. The van der Waals surface area contributed by atoms with Gasteiger partial charge in [0.2, 0.25) is 0 Å². The molecule has 25 heavy (non-hydrogen) atoms. The zero-order chi connectivity index (χ0) is 17.6. The Morgan fingerprint density at radius 3 is 2.60 bits per heavy atom. The molecule has 2 aromatic carbocycles. The first-order valence-corrected chi connectivity index (χ1v) is 8.18. The average Bonchev–Trinajstić information content (AvgIpc) is 3.14. The SMILES string of the molecule is COc1ccccc1-c1ccccc1C(=O)NC(C)Cn1ccnc1. The number of imidazole rings is 1. The number of hydrogen-bond donors (Lipinski definition) is 1. The van der Waals surface area contributed by atoms with Gasteiger partial charge >= 0.3 is 0 Å². The van der Waals surface area contributed by atoms with Gasteiger partial charge in [0.1, 0.15) is 5.75 Å². The Morgan fingerprint density at radius 2 is 1.88 bits per heavy atom. The fourth-order valence-electron chi connectivity index (χ4n) is 2.84. The van der Waals surface area contributed by atoms with Gasteiger partial charge in [-0.3, -0.25) is 4.79 Å². The zero-order valence-electron chi connectivity index (χ0n) is 14.3. The number of hydrogen-bond acceptors (Lipinski definition) is 3. The van der Waals surface area contributed by atoms with Crippen molar-refractivity contribution in [1.82, 2.24) is 14.9 Å². The van der Waals surface area contributed by atoms with Gasteiger partial charge in [-0.05, 0) is 24.6 Å². The Balaban J connectivity index is 1.84. The summed E-state index contributed by atoms with van der Waals surface area (Å²) in [5.74, 6) is 0.642. The van der Waals surface area contributed by atoms with Gasteiger partial charge in [-0.25, -0.2) is 4.98 Å². The largest absolute Gasteiger partial charge is 0.496 e. The Morgan fingerprint density at radius 1 is 1.16 bits per heavy atom. The van der Waals surface area contributed by atoms with Gasteiger partial charge in [0.05, 0.1) is 13.4 Å². The highest BCUT2D eigenvalue weighted by Crippen LogP contribution is 2.32. The number of methoxy groups -OCH3 is 1. The minimum atomic E-state index is -0.103. The van der Waals surface area contributed by atoms with E-state index >= 15 is 0 Å². The van der Waals surface area contributed by atoms with Crippen molar-refractivity contribution in [3.8, 4) is 16.9 Å². The van der Waals surface area contributed by atoms with E-state index in [4.69, 9.17) is 4.74 Å². The fourth-order valence-corrected chi connectivity index (χ4v) is 2.84. The van der Waals surface area contributed by atoms with Crippen LogP contribution in [-0.2, 0) is 6.54 Å². The maximum atomic E-state index is 12.8. The summed E-state index contributed by atoms with van der Waals surface area (Å²) < 4.78 is 7.39. The number of para-hydroxylation sites is 1. The van der Waals surface area contributed by atoms with Crippen LogP contribution >= 0.6 is 0 Å². The topological polar surface area (TPSA) is 56.1 Å². The van der Waals surface area contributed by atoms with Crippen LogP contribution in [0.25, 0.3) is 11.1 Å². The molecule has 1 atom stereocenters. The lowest BCUT2D eigenvalue weighted by atomic mass is 9.98. The first-order valence-electron chi connectivity index (χ1n) is 8.18. The summed E-state index contributed by atoms with van der Waals surface area (Å²) in [6, 6.07) is 15.3. The number of amides is 1. The van der Waals surface area contributed by atoms with Gasteiger partial charge in [-0.15, -0.1) is 0 Å². The predicted molar refractivity (Wildman–Crippen MR) is 97.6 cm³/mol. The van der Waals surface area contributed by atoms with Crippen molar-refractivity contribution in [3.05, 3.63) is 72.8 Å². The highest BCUT2D eigenvalue weighted by molar-refractivity contribution is 6.01. The van der Waals surface area contributed by atoms with E-state index in [0.717, 1.165) is 16.9 Å². The smallest absolute Gasteiger partial charge is 0.252 e. The van der Waals surface area contributed by atoms with E-state index in [9.17, 15) is 4.79 Å². The number of rotatable bonds is 6. The third kappa shape index (κ3) is 3.88. The number of ether oxygens (including phenoxy) is 1. The maximum Gasteiger partial charge on any atom is 0.252 e. The summed E-state index contributed by atoms with van der Waals surface area (Å²) >= 11 is 0. The van der Waals surface area contributed by atoms with Crippen molar-refractivity contribution < 1.29 is 9.53 Å². The first kappa shape index (κ1) is 16.8. The molecule has 0 spiro atoms. The Kier molecular flexibility index (Phi) is 5.14. The van der Waals surface area contributed by atoms with Crippen LogP contribution in [0.3, 0.4) is 0 Å². The van der Waals surface area contributed by atoms with Crippen molar-refractivity contribution in [2.75, 3.05) is 7.11 Å². The molecule has 0 aliphatic rings. The second-order valence-corrected chi connectivity index (χ2v) is 5.88. The Labute approximate surface area is 147 Å². The number of aromatic nitrogens is 2. The van der Waals surface area contributed by atoms with E-state index in [-0.39, 0.29) is 11.9 Å². The van der Waals surface area contributed by atoms with Crippen LogP contribution in [0.4, 0.5) is 0 Å². The van der Waals surface area contributed by atoms with Crippen molar-refractivity contribution in [1.29, 1.82) is 0 Å². The minimum Gasteiger partial charge on any atom is -0.496 e. The highest BCUT2D eigenvalue weighted by atomic mass is 16.5. The van der Waals surface area contributed by atoms with Crippen LogP contribution in [0.15, 0.2) is 67.3 Å². The van der Waals surface area contributed by atoms with E-state index in [1.807, 2.05) is 66.2 Å². The molecule has 3 rings (SSSR count). The van der Waals surface area contributed by atoms with Crippen molar-refractivity contribution in [2.24, 2.45) is 0 Å². The van der Waals surface area contributed by atoms with Crippen LogP contribution in [-0.4, -0.2) is 28.6 Å². The summed E-state index contributed by atoms with van der Waals surface area (Å²) in [7, 11) is 1.63. The molecule has 5 nitrogen and oxygen atoms in total. The fraction of sp³-hybridized carbons (Fsp3) is 0.200. The molecule has 1 heterocycles. The molecule has 128 valence electrons. The van der Waals surface area contributed by atoms with Gasteiger partial charge < -0.3 is 14.6 Å². The van der Waals surface area contributed by atoms with Crippen molar-refractivity contribution in [3.63, 3.8) is 0 Å². The second-order valence-electron chi connectivity index (χ2n) is 5.88. The molecule has 0 radical (unpaired) electrons. The quantitative estimate of drug-likeness (QED) is 0.751. The Hall–Kier alpha value is -3.08. The third-order valence-electron chi connectivity index (χ3n) is 3.99. The highest BCUT2D eigenvalue weighted by Gasteiger charge is 2.16. The molecule has 1 aromatic heterocycles. The number of nitrogens with one attached hydrogen (secondary N) is 1. The normalized spacial score (nSPS) is 11.8. The molecule has 0 bridgehead atoms. The molecule has 5 heteroatoms.